The van der Waals surface area contributed by atoms with Gasteiger partial charge >= 0.3 is 0 Å². The van der Waals surface area contributed by atoms with Crippen LogP contribution in [0, 0.1) is 6.92 Å². The molecule has 80 valence electrons. The number of hydrogen-bond donors (Lipinski definition) is 0. The van der Waals surface area contributed by atoms with Crippen molar-refractivity contribution in [1.82, 2.24) is 9.38 Å². The Labute approximate surface area is 106 Å². The fourth-order valence-electron chi connectivity index (χ4n) is 1.66. The van der Waals surface area contributed by atoms with E-state index in [0.717, 1.165) is 15.8 Å². The Morgan fingerprint density at radius 1 is 1.19 bits per heavy atom. The molecule has 3 heterocycles. The second kappa shape index (κ2) is 3.71. The Morgan fingerprint density at radius 2 is 2.06 bits per heavy atom. The Kier molecular flexibility index (Phi) is 2.33. The van der Waals surface area contributed by atoms with E-state index in [1.165, 1.54) is 9.75 Å². The molecule has 0 aliphatic carbocycles. The zero-order chi connectivity index (χ0) is 11.1. The van der Waals surface area contributed by atoms with Crippen LogP contribution in [-0.2, 0) is 0 Å². The molecule has 0 fully saturated rings. The molecule has 0 aromatic carbocycles. The van der Waals surface area contributed by atoms with E-state index in [9.17, 15) is 0 Å². The molecule has 0 unspecified atom stereocenters. The molecule has 3 aromatic rings. The summed E-state index contributed by atoms with van der Waals surface area (Å²) in [4.78, 5) is 7.12. The third-order valence-electron chi connectivity index (χ3n) is 2.41. The molecule has 2 nitrogen and oxygen atoms in total. The van der Waals surface area contributed by atoms with Crippen LogP contribution in [0.15, 0.2) is 41.1 Å². The second-order valence-corrected chi connectivity index (χ2v) is 5.85. The van der Waals surface area contributed by atoms with E-state index in [0.29, 0.717) is 0 Å². The summed E-state index contributed by atoms with van der Waals surface area (Å²) < 4.78 is 3.10. The lowest BCUT2D eigenvalue weighted by Gasteiger charge is -1.91. The maximum absolute atomic E-state index is 4.59. The summed E-state index contributed by atoms with van der Waals surface area (Å²) in [6.07, 6.45) is 4.08. The van der Waals surface area contributed by atoms with Crippen molar-refractivity contribution in [2.45, 2.75) is 6.92 Å². The van der Waals surface area contributed by atoms with Gasteiger partial charge in [0.05, 0.1) is 10.6 Å². The lowest BCUT2D eigenvalue weighted by Crippen LogP contribution is -1.80. The summed E-state index contributed by atoms with van der Waals surface area (Å²) in [5.74, 6) is 0. The molecule has 0 aliphatic rings. The molecule has 0 atom stereocenters. The summed E-state index contributed by atoms with van der Waals surface area (Å²) in [5.41, 5.74) is 2.01. The third-order valence-corrected chi connectivity index (χ3v) is 3.90. The van der Waals surface area contributed by atoms with Gasteiger partial charge in [0.2, 0.25) is 0 Å². The van der Waals surface area contributed by atoms with Crippen molar-refractivity contribution in [2.75, 3.05) is 0 Å². The van der Waals surface area contributed by atoms with E-state index in [1.807, 2.05) is 22.7 Å². The summed E-state index contributed by atoms with van der Waals surface area (Å²) >= 11 is 5.23. The molecule has 0 radical (unpaired) electrons. The van der Waals surface area contributed by atoms with Crippen molar-refractivity contribution < 1.29 is 0 Å². The van der Waals surface area contributed by atoms with Gasteiger partial charge in [-0.05, 0) is 47.1 Å². The standard InChI is InChI=1S/C12H9BrN2S/c1-8-2-4-11(16-8)10-7-15-6-9(13)3-5-12(15)14-10/h2-7H,1H3. The van der Waals surface area contributed by atoms with Crippen LogP contribution in [0.4, 0.5) is 0 Å². The van der Waals surface area contributed by atoms with Crippen LogP contribution in [0.3, 0.4) is 0 Å². The first kappa shape index (κ1) is 10.1. The Balaban J connectivity index is 2.18. The van der Waals surface area contributed by atoms with Gasteiger partial charge in [-0.15, -0.1) is 11.3 Å². The minimum Gasteiger partial charge on any atom is -0.305 e. The quantitative estimate of drug-likeness (QED) is 0.659. The third kappa shape index (κ3) is 1.68. The largest absolute Gasteiger partial charge is 0.305 e. The lowest BCUT2D eigenvalue weighted by atomic mass is 10.4. The lowest BCUT2D eigenvalue weighted by molar-refractivity contribution is 1.17. The van der Waals surface area contributed by atoms with Crippen LogP contribution in [0.5, 0.6) is 0 Å². The van der Waals surface area contributed by atoms with Crippen molar-refractivity contribution in [3.05, 3.63) is 46.0 Å². The van der Waals surface area contributed by atoms with Crippen molar-refractivity contribution >= 4 is 32.9 Å². The smallest absolute Gasteiger partial charge is 0.137 e. The topological polar surface area (TPSA) is 17.3 Å². The van der Waals surface area contributed by atoms with Gasteiger partial charge in [0.1, 0.15) is 5.65 Å². The van der Waals surface area contributed by atoms with Crippen LogP contribution in [0.25, 0.3) is 16.2 Å². The summed E-state index contributed by atoms with van der Waals surface area (Å²) in [5, 5.41) is 0. The van der Waals surface area contributed by atoms with Gasteiger partial charge in [-0.25, -0.2) is 4.98 Å². The number of rotatable bonds is 1. The Bertz CT molecular complexity index is 654. The zero-order valence-corrected chi connectivity index (χ0v) is 11.0. The molecule has 3 aromatic heterocycles. The number of nitrogens with zero attached hydrogens (tertiary/aromatic N) is 2. The van der Waals surface area contributed by atoms with Crippen molar-refractivity contribution in [3.63, 3.8) is 0 Å². The van der Waals surface area contributed by atoms with E-state index in [-0.39, 0.29) is 0 Å². The van der Waals surface area contributed by atoms with E-state index in [2.05, 4.69) is 46.2 Å². The molecule has 0 amide bonds. The van der Waals surface area contributed by atoms with Crippen LogP contribution in [0.1, 0.15) is 4.88 Å². The maximum atomic E-state index is 4.59. The molecule has 16 heavy (non-hydrogen) atoms. The molecule has 3 rings (SSSR count). The SMILES string of the molecule is Cc1ccc(-c2cn3cc(Br)ccc3n2)s1. The predicted molar refractivity (Wildman–Crippen MR) is 70.9 cm³/mol. The van der Waals surface area contributed by atoms with Crippen LogP contribution in [-0.4, -0.2) is 9.38 Å². The average molecular weight is 293 g/mol. The number of aryl methyl sites for hydroxylation is 1. The Hall–Kier alpha value is -1.13. The first-order chi connectivity index (χ1) is 7.72. The van der Waals surface area contributed by atoms with Gasteiger partial charge in [-0.2, -0.15) is 0 Å². The average Bonchev–Trinajstić information content (AvgIpc) is 2.83. The highest BCUT2D eigenvalue weighted by Crippen LogP contribution is 2.27. The van der Waals surface area contributed by atoms with Crippen LogP contribution >= 0.6 is 27.3 Å². The highest BCUT2D eigenvalue weighted by molar-refractivity contribution is 9.10. The highest BCUT2D eigenvalue weighted by atomic mass is 79.9. The molecular formula is C12H9BrN2S. The van der Waals surface area contributed by atoms with Crippen LogP contribution in [0.2, 0.25) is 0 Å². The van der Waals surface area contributed by atoms with Crippen LogP contribution < -0.4 is 0 Å². The van der Waals surface area contributed by atoms with Gasteiger partial charge in [-0.1, -0.05) is 0 Å². The maximum Gasteiger partial charge on any atom is 0.137 e. The summed E-state index contributed by atoms with van der Waals surface area (Å²) in [6, 6.07) is 8.26. The molecule has 0 saturated carbocycles. The second-order valence-electron chi connectivity index (χ2n) is 3.65. The molecule has 0 N–H and O–H groups in total. The predicted octanol–water partition coefficient (Wildman–Crippen LogP) is 4.13. The molecule has 0 spiro atoms. The van der Waals surface area contributed by atoms with Gasteiger partial charge < -0.3 is 4.40 Å². The summed E-state index contributed by atoms with van der Waals surface area (Å²) in [7, 11) is 0. The molecule has 0 saturated heterocycles. The van der Waals surface area contributed by atoms with E-state index in [4.69, 9.17) is 0 Å². The van der Waals surface area contributed by atoms with Gasteiger partial charge in [-0.3, -0.25) is 0 Å². The van der Waals surface area contributed by atoms with E-state index >= 15 is 0 Å². The molecule has 4 heteroatoms. The van der Waals surface area contributed by atoms with Gasteiger partial charge in [0.25, 0.3) is 0 Å². The fourth-order valence-corrected chi connectivity index (χ4v) is 2.83. The van der Waals surface area contributed by atoms with Crippen molar-refractivity contribution in [1.29, 1.82) is 0 Å². The molecular weight excluding hydrogens is 284 g/mol. The van der Waals surface area contributed by atoms with E-state index < -0.39 is 0 Å². The zero-order valence-electron chi connectivity index (χ0n) is 8.64. The van der Waals surface area contributed by atoms with Crippen molar-refractivity contribution in [2.24, 2.45) is 0 Å². The minimum atomic E-state index is 0.976. The Morgan fingerprint density at radius 3 is 2.81 bits per heavy atom. The highest BCUT2D eigenvalue weighted by Gasteiger charge is 2.06. The fraction of sp³-hybridized carbons (Fsp3) is 0.0833. The summed E-state index contributed by atoms with van der Waals surface area (Å²) in [6.45, 7) is 2.11. The van der Waals surface area contributed by atoms with Crippen molar-refractivity contribution in [3.8, 4) is 10.6 Å². The number of halogens is 1. The molecule has 0 aliphatic heterocycles. The number of fused-ring (bicyclic) bond motifs is 1. The monoisotopic (exact) mass is 292 g/mol. The van der Waals surface area contributed by atoms with Gasteiger partial charge in [0.15, 0.2) is 0 Å². The first-order valence-corrected chi connectivity index (χ1v) is 6.54. The number of imidazole rings is 1. The normalized spacial score (nSPS) is 11.1. The number of aromatic nitrogens is 2. The number of hydrogen-bond acceptors (Lipinski definition) is 2. The number of thiophene rings is 1. The minimum absolute atomic E-state index is 0.976. The number of pyridine rings is 1. The van der Waals surface area contributed by atoms with Gasteiger partial charge in [0, 0.05) is 21.7 Å². The molecule has 0 bridgehead atoms. The first-order valence-electron chi connectivity index (χ1n) is 4.93. The van der Waals surface area contributed by atoms with E-state index in [1.54, 1.807) is 11.3 Å².